The minimum absolute atomic E-state index is 0. The first-order valence-corrected chi connectivity index (χ1v) is 9.97. The average molecular weight is 424 g/mol. The summed E-state index contributed by atoms with van der Waals surface area (Å²) >= 11 is 0. The van der Waals surface area contributed by atoms with Gasteiger partial charge in [-0.25, -0.2) is 0 Å². The second kappa shape index (κ2) is 9.13. The Morgan fingerprint density at radius 3 is 2.59 bits per heavy atom. The van der Waals surface area contributed by atoms with Crippen molar-refractivity contribution in [3.05, 3.63) is 23.8 Å². The molecule has 2 heterocycles. The van der Waals surface area contributed by atoms with E-state index in [9.17, 15) is 14.4 Å². The molecule has 3 rings (SSSR count). The second-order valence-electron chi connectivity index (χ2n) is 8.06. The second-order valence-corrected chi connectivity index (χ2v) is 8.06. The fourth-order valence-corrected chi connectivity index (χ4v) is 3.93. The summed E-state index contributed by atoms with van der Waals surface area (Å²) < 4.78 is 5.54. The molecule has 0 radical (unpaired) electrons. The maximum atomic E-state index is 12.9. The van der Waals surface area contributed by atoms with Crippen molar-refractivity contribution in [2.24, 2.45) is 11.7 Å². The van der Waals surface area contributed by atoms with Crippen LogP contribution >= 0.6 is 12.4 Å². The number of ketones is 1. The van der Waals surface area contributed by atoms with E-state index < -0.39 is 11.6 Å². The van der Waals surface area contributed by atoms with Gasteiger partial charge < -0.3 is 20.7 Å². The van der Waals surface area contributed by atoms with E-state index in [4.69, 9.17) is 10.5 Å². The van der Waals surface area contributed by atoms with Crippen LogP contribution in [0.25, 0.3) is 0 Å². The van der Waals surface area contributed by atoms with Crippen LogP contribution in [0.5, 0.6) is 5.75 Å². The predicted molar refractivity (Wildman–Crippen MR) is 114 cm³/mol. The standard InChI is InChI=1S/C21H29N3O4.ClH/c1-4-9-21(3,22)20(27)24-10-7-14(8-11-24)18(25)15-5-6-17-16(12-15)23-19(26)13(2)28-17;/h5-6,12-14H,4,7-11,22H2,1-3H3,(H,23,26);1H. The van der Waals surface area contributed by atoms with Gasteiger partial charge in [0, 0.05) is 24.6 Å². The minimum Gasteiger partial charge on any atom is -0.479 e. The Morgan fingerprint density at radius 1 is 1.31 bits per heavy atom. The lowest BCUT2D eigenvalue weighted by atomic mass is 9.87. The number of halogens is 1. The lowest BCUT2D eigenvalue weighted by molar-refractivity contribution is -0.138. The van der Waals surface area contributed by atoms with Gasteiger partial charge in [0.15, 0.2) is 11.9 Å². The molecule has 0 saturated carbocycles. The Morgan fingerprint density at radius 2 is 1.97 bits per heavy atom. The number of ether oxygens (including phenoxy) is 1. The van der Waals surface area contributed by atoms with Gasteiger partial charge >= 0.3 is 0 Å². The number of likely N-dealkylation sites (tertiary alicyclic amines) is 1. The number of nitrogens with one attached hydrogen (secondary N) is 1. The van der Waals surface area contributed by atoms with Gasteiger partial charge in [-0.15, -0.1) is 12.4 Å². The molecule has 7 nitrogen and oxygen atoms in total. The monoisotopic (exact) mass is 423 g/mol. The van der Waals surface area contributed by atoms with E-state index in [0.717, 1.165) is 6.42 Å². The van der Waals surface area contributed by atoms with Gasteiger partial charge in [-0.3, -0.25) is 14.4 Å². The van der Waals surface area contributed by atoms with E-state index in [2.05, 4.69) is 5.32 Å². The molecule has 0 aromatic heterocycles. The maximum Gasteiger partial charge on any atom is 0.265 e. The predicted octanol–water partition coefficient (Wildman–Crippen LogP) is 2.77. The van der Waals surface area contributed by atoms with Crippen LogP contribution in [0.2, 0.25) is 0 Å². The number of hydrogen-bond donors (Lipinski definition) is 2. The third-order valence-corrected chi connectivity index (χ3v) is 5.61. The van der Waals surface area contributed by atoms with Gasteiger partial charge in [-0.2, -0.15) is 0 Å². The minimum atomic E-state index is -0.848. The van der Waals surface area contributed by atoms with Crippen molar-refractivity contribution in [3.63, 3.8) is 0 Å². The highest BCUT2D eigenvalue weighted by molar-refractivity contribution is 6.02. The fourth-order valence-electron chi connectivity index (χ4n) is 3.93. The number of nitrogens with two attached hydrogens (primary N) is 1. The van der Waals surface area contributed by atoms with Crippen molar-refractivity contribution in [1.82, 2.24) is 4.90 Å². The Labute approximate surface area is 177 Å². The van der Waals surface area contributed by atoms with Gasteiger partial charge in [0.25, 0.3) is 5.91 Å². The smallest absolute Gasteiger partial charge is 0.265 e. The molecule has 3 N–H and O–H groups in total. The van der Waals surface area contributed by atoms with Gasteiger partial charge in [0.2, 0.25) is 5.91 Å². The van der Waals surface area contributed by atoms with Crippen molar-refractivity contribution in [1.29, 1.82) is 0 Å². The van der Waals surface area contributed by atoms with E-state index >= 15 is 0 Å². The summed E-state index contributed by atoms with van der Waals surface area (Å²) in [5.74, 6) is 0.203. The lowest BCUT2D eigenvalue weighted by Gasteiger charge is -2.36. The molecular formula is C21H30ClN3O4. The maximum absolute atomic E-state index is 12.9. The number of amides is 2. The molecule has 1 aromatic rings. The molecule has 2 unspecified atom stereocenters. The quantitative estimate of drug-likeness (QED) is 0.709. The fraction of sp³-hybridized carbons (Fsp3) is 0.571. The Hall–Kier alpha value is -2.12. The molecule has 8 heteroatoms. The van der Waals surface area contributed by atoms with Crippen LogP contribution in [0.4, 0.5) is 5.69 Å². The summed E-state index contributed by atoms with van der Waals surface area (Å²) in [6.07, 6.45) is 2.18. The van der Waals surface area contributed by atoms with Crippen molar-refractivity contribution >= 4 is 35.7 Å². The summed E-state index contributed by atoms with van der Waals surface area (Å²) in [6, 6.07) is 5.14. The molecule has 0 aliphatic carbocycles. The first kappa shape index (κ1) is 23.2. The van der Waals surface area contributed by atoms with Gasteiger partial charge in [0.05, 0.1) is 11.2 Å². The first-order valence-electron chi connectivity index (χ1n) is 9.97. The van der Waals surface area contributed by atoms with E-state index in [-0.39, 0.29) is 35.9 Å². The van der Waals surface area contributed by atoms with Gasteiger partial charge in [0.1, 0.15) is 5.75 Å². The number of carbonyl (C=O) groups excluding carboxylic acids is 3. The molecule has 1 aromatic carbocycles. The summed E-state index contributed by atoms with van der Waals surface area (Å²) in [5.41, 5.74) is 6.40. The number of nitrogens with zero attached hydrogens (tertiary/aromatic N) is 1. The van der Waals surface area contributed by atoms with Crippen LogP contribution in [-0.2, 0) is 9.59 Å². The van der Waals surface area contributed by atoms with Gasteiger partial charge in [-0.05, 0) is 51.3 Å². The molecule has 1 fully saturated rings. The zero-order chi connectivity index (χ0) is 20.5. The van der Waals surface area contributed by atoms with Crippen molar-refractivity contribution < 1.29 is 19.1 Å². The third-order valence-electron chi connectivity index (χ3n) is 5.61. The highest BCUT2D eigenvalue weighted by atomic mass is 35.5. The van der Waals surface area contributed by atoms with Crippen LogP contribution in [-0.4, -0.2) is 47.2 Å². The molecule has 2 aliphatic heterocycles. The molecule has 2 amide bonds. The zero-order valence-corrected chi connectivity index (χ0v) is 18.0. The van der Waals surface area contributed by atoms with Crippen LogP contribution in [0, 0.1) is 5.92 Å². The van der Waals surface area contributed by atoms with Crippen molar-refractivity contribution in [2.45, 2.75) is 58.1 Å². The van der Waals surface area contributed by atoms with E-state index in [0.29, 0.717) is 49.4 Å². The van der Waals surface area contributed by atoms with E-state index in [1.807, 2.05) is 6.92 Å². The number of Topliss-reactive ketones (excluding diaryl/α,β-unsaturated/α-hetero) is 1. The molecule has 2 aliphatic rings. The molecule has 2 atom stereocenters. The molecule has 160 valence electrons. The Balaban J connectivity index is 0.00000300. The average Bonchev–Trinajstić information content (AvgIpc) is 2.67. The number of hydrogen-bond acceptors (Lipinski definition) is 5. The Bertz CT molecular complexity index is 788. The number of rotatable bonds is 5. The van der Waals surface area contributed by atoms with Crippen molar-refractivity contribution in [2.75, 3.05) is 18.4 Å². The third kappa shape index (κ3) is 4.90. The lowest BCUT2D eigenvalue weighted by Crippen LogP contribution is -2.55. The van der Waals surface area contributed by atoms with E-state index in [1.54, 1.807) is 36.9 Å². The van der Waals surface area contributed by atoms with E-state index in [1.165, 1.54) is 0 Å². The topological polar surface area (TPSA) is 102 Å². The zero-order valence-electron chi connectivity index (χ0n) is 17.2. The van der Waals surface area contributed by atoms with Crippen LogP contribution in [0.3, 0.4) is 0 Å². The SMILES string of the molecule is CCCC(C)(N)C(=O)N1CCC(C(=O)c2ccc3c(c2)NC(=O)C(C)O3)CC1.Cl. The van der Waals surface area contributed by atoms with Crippen LogP contribution < -0.4 is 15.8 Å². The number of carbonyl (C=O) groups is 3. The molecule has 0 bridgehead atoms. The van der Waals surface area contributed by atoms with Gasteiger partial charge in [-0.1, -0.05) is 13.3 Å². The summed E-state index contributed by atoms with van der Waals surface area (Å²) in [7, 11) is 0. The number of anilines is 1. The molecule has 1 saturated heterocycles. The highest BCUT2D eigenvalue weighted by Crippen LogP contribution is 2.32. The normalized spacial score (nSPS) is 21.2. The summed E-state index contributed by atoms with van der Waals surface area (Å²) in [6.45, 7) is 6.54. The highest BCUT2D eigenvalue weighted by Gasteiger charge is 2.35. The van der Waals surface area contributed by atoms with Crippen LogP contribution in [0.15, 0.2) is 18.2 Å². The molecule has 0 spiro atoms. The number of piperidine rings is 1. The molecular weight excluding hydrogens is 394 g/mol. The summed E-state index contributed by atoms with van der Waals surface area (Å²) in [4.78, 5) is 39.1. The number of benzene rings is 1. The molecule has 29 heavy (non-hydrogen) atoms. The van der Waals surface area contributed by atoms with Crippen LogP contribution in [0.1, 0.15) is 56.8 Å². The first-order chi connectivity index (χ1) is 13.2. The Kier molecular flexibility index (Phi) is 7.30. The summed E-state index contributed by atoms with van der Waals surface area (Å²) in [5, 5.41) is 2.78. The van der Waals surface area contributed by atoms with Crippen molar-refractivity contribution in [3.8, 4) is 5.75 Å². The number of fused-ring (bicyclic) bond motifs is 1. The largest absolute Gasteiger partial charge is 0.479 e.